The van der Waals surface area contributed by atoms with Gasteiger partial charge >= 0.3 is 0 Å². The van der Waals surface area contributed by atoms with Gasteiger partial charge in [0.1, 0.15) is 0 Å². The van der Waals surface area contributed by atoms with Crippen molar-refractivity contribution in [3.05, 3.63) is 29.8 Å². The summed E-state index contributed by atoms with van der Waals surface area (Å²) in [5.74, 6) is 0. The summed E-state index contributed by atoms with van der Waals surface area (Å²) in [7, 11) is 4.15. The highest BCUT2D eigenvalue weighted by molar-refractivity contribution is 5.44. The minimum Gasteiger partial charge on any atom is -0.385 e. The summed E-state index contributed by atoms with van der Waals surface area (Å²) in [4.78, 5) is 2.16. The highest BCUT2D eigenvalue weighted by Gasteiger charge is 1.95. The fraction of sp³-hybridized carbons (Fsp3) is 0.500. The summed E-state index contributed by atoms with van der Waals surface area (Å²) in [6.07, 6.45) is 1.01. The van der Waals surface area contributed by atoms with E-state index < -0.39 is 0 Å². The molecule has 0 aliphatic rings. The van der Waals surface area contributed by atoms with Crippen LogP contribution in [-0.2, 0) is 6.54 Å². The lowest BCUT2D eigenvalue weighted by Gasteiger charge is -2.10. The van der Waals surface area contributed by atoms with E-state index in [1.165, 1.54) is 11.3 Å². The summed E-state index contributed by atoms with van der Waals surface area (Å²) >= 11 is 0. The van der Waals surface area contributed by atoms with E-state index in [0.29, 0.717) is 0 Å². The van der Waals surface area contributed by atoms with Gasteiger partial charge in [-0.3, -0.25) is 0 Å². The van der Waals surface area contributed by atoms with Gasteiger partial charge in [0, 0.05) is 18.8 Å². The Morgan fingerprint density at radius 2 is 1.87 bits per heavy atom. The van der Waals surface area contributed by atoms with Crippen molar-refractivity contribution in [3.8, 4) is 0 Å². The summed E-state index contributed by atoms with van der Waals surface area (Å²) in [5.41, 5.74) is 7.94. The molecule has 0 saturated heterocycles. The molecule has 84 valence electrons. The van der Waals surface area contributed by atoms with Gasteiger partial charge in [-0.05, 0) is 44.8 Å². The SMILES string of the molecule is CN(C)Cc1ccc(NCCCN)cc1. The smallest absolute Gasteiger partial charge is 0.0340 e. The summed E-state index contributed by atoms with van der Waals surface area (Å²) in [6, 6.07) is 8.56. The second-order valence-corrected chi connectivity index (χ2v) is 4.00. The van der Waals surface area contributed by atoms with Crippen molar-refractivity contribution in [2.45, 2.75) is 13.0 Å². The zero-order valence-electron chi connectivity index (χ0n) is 9.66. The standard InChI is InChI=1S/C12H21N3/c1-15(2)10-11-4-6-12(7-5-11)14-9-3-8-13/h4-7,14H,3,8-10,13H2,1-2H3. The molecule has 1 aromatic carbocycles. The predicted molar refractivity (Wildman–Crippen MR) is 66.0 cm³/mol. The van der Waals surface area contributed by atoms with Crippen molar-refractivity contribution in [1.82, 2.24) is 4.90 Å². The zero-order chi connectivity index (χ0) is 11.1. The Morgan fingerprint density at radius 3 is 2.40 bits per heavy atom. The van der Waals surface area contributed by atoms with Crippen LogP contribution in [-0.4, -0.2) is 32.1 Å². The second kappa shape index (κ2) is 6.43. The van der Waals surface area contributed by atoms with Crippen LogP contribution in [0, 0.1) is 0 Å². The minimum atomic E-state index is 0.742. The molecule has 0 amide bonds. The van der Waals surface area contributed by atoms with Crippen molar-refractivity contribution in [2.24, 2.45) is 5.73 Å². The van der Waals surface area contributed by atoms with Gasteiger partial charge < -0.3 is 16.0 Å². The van der Waals surface area contributed by atoms with Crippen LogP contribution in [0.15, 0.2) is 24.3 Å². The molecule has 0 atom stereocenters. The zero-order valence-corrected chi connectivity index (χ0v) is 9.66. The van der Waals surface area contributed by atoms with E-state index >= 15 is 0 Å². The highest BCUT2D eigenvalue weighted by Crippen LogP contribution is 2.10. The largest absolute Gasteiger partial charge is 0.385 e. The summed E-state index contributed by atoms with van der Waals surface area (Å²) < 4.78 is 0. The molecule has 3 N–H and O–H groups in total. The fourth-order valence-corrected chi connectivity index (χ4v) is 1.43. The van der Waals surface area contributed by atoms with E-state index in [4.69, 9.17) is 5.73 Å². The maximum atomic E-state index is 5.43. The Hall–Kier alpha value is -1.06. The highest BCUT2D eigenvalue weighted by atomic mass is 15.0. The average Bonchev–Trinajstić information content (AvgIpc) is 2.20. The first-order chi connectivity index (χ1) is 7.22. The maximum absolute atomic E-state index is 5.43. The van der Waals surface area contributed by atoms with Crippen LogP contribution in [0.25, 0.3) is 0 Å². The van der Waals surface area contributed by atoms with Crippen molar-refractivity contribution in [1.29, 1.82) is 0 Å². The first kappa shape index (κ1) is 12.0. The average molecular weight is 207 g/mol. The Morgan fingerprint density at radius 1 is 1.20 bits per heavy atom. The van der Waals surface area contributed by atoms with Crippen molar-refractivity contribution in [2.75, 3.05) is 32.5 Å². The van der Waals surface area contributed by atoms with E-state index in [0.717, 1.165) is 26.1 Å². The third kappa shape index (κ3) is 4.81. The molecule has 0 aliphatic carbocycles. The number of anilines is 1. The molecular formula is C12H21N3. The monoisotopic (exact) mass is 207 g/mol. The van der Waals surface area contributed by atoms with E-state index in [9.17, 15) is 0 Å². The normalized spacial score (nSPS) is 10.7. The lowest BCUT2D eigenvalue weighted by Crippen LogP contribution is -2.11. The van der Waals surface area contributed by atoms with Crippen molar-refractivity contribution in [3.63, 3.8) is 0 Å². The van der Waals surface area contributed by atoms with Gasteiger partial charge in [0.05, 0.1) is 0 Å². The molecule has 0 bridgehead atoms. The lowest BCUT2D eigenvalue weighted by molar-refractivity contribution is 0.402. The Labute approximate surface area is 92.3 Å². The molecule has 3 nitrogen and oxygen atoms in total. The Kier molecular flexibility index (Phi) is 5.15. The molecule has 1 rings (SSSR count). The third-order valence-electron chi connectivity index (χ3n) is 2.16. The molecule has 1 aromatic rings. The van der Waals surface area contributed by atoms with Gasteiger partial charge in [0.25, 0.3) is 0 Å². The van der Waals surface area contributed by atoms with Gasteiger partial charge in [-0.2, -0.15) is 0 Å². The number of hydrogen-bond donors (Lipinski definition) is 2. The van der Waals surface area contributed by atoms with E-state index in [2.05, 4.69) is 48.6 Å². The Balaban J connectivity index is 2.42. The number of nitrogens with two attached hydrogens (primary N) is 1. The van der Waals surface area contributed by atoms with Crippen LogP contribution in [0.4, 0.5) is 5.69 Å². The van der Waals surface area contributed by atoms with Gasteiger partial charge in [-0.15, -0.1) is 0 Å². The number of benzene rings is 1. The van der Waals surface area contributed by atoms with Gasteiger partial charge in [-0.25, -0.2) is 0 Å². The summed E-state index contributed by atoms with van der Waals surface area (Å²) in [5, 5.41) is 3.33. The quantitative estimate of drug-likeness (QED) is 0.695. The van der Waals surface area contributed by atoms with E-state index in [-0.39, 0.29) is 0 Å². The molecule has 0 saturated carbocycles. The van der Waals surface area contributed by atoms with Crippen molar-refractivity contribution < 1.29 is 0 Å². The van der Waals surface area contributed by atoms with Crippen LogP contribution in [0.2, 0.25) is 0 Å². The van der Waals surface area contributed by atoms with Crippen LogP contribution in [0.1, 0.15) is 12.0 Å². The first-order valence-corrected chi connectivity index (χ1v) is 5.40. The molecule has 0 heterocycles. The second-order valence-electron chi connectivity index (χ2n) is 4.00. The van der Waals surface area contributed by atoms with E-state index in [1.807, 2.05) is 0 Å². The fourth-order valence-electron chi connectivity index (χ4n) is 1.43. The number of nitrogens with zero attached hydrogens (tertiary/aromatic N) is 1. The molecule has 0 aromatic heterocycles. The van der Waals surface area contributed by atoms with Gasteiger partial charge in [0.15, 0.2) is 0 Å². The molecule has 0 fully saturated rings. The molecule has 0 spiro atoms. The van der Waals surface area contributed by atoms with E-state index in [1.54, 1.807) is 0 Å². The van der Waals surface area contributed by atoms with Crippen LogP contribution in [0.3, 0.4) is 0 Å². The first-order valence-electron chi connectivity index (χ1n) is 5.40. The number of hydrogen-bond acceptors (Lipinski definition) is 3. The molecule has 0 unspecified atom stereocenters. The Bertz CT molecular complexity index is 267. The molecule has 0 aliphatic heterocycles. The van der Waals surface area contributed by atoms with Gasteiger partial charge in [0.2, 0.25) is 0 Å². The summed E-state index contributed by atoms with van der Waals surface area (Å²) in [6.45, 7) is 2.68. The molecule has 15 heavy (non-hydrogen) atoms. The topological polar surface area (TPSA) is 41.3 Å². The third-order valence-corrected chi connectivity index (χ3v) is 2.16. The van der Waals surface area contributed by atoms with Crippen LogP contribution >= 0.6 is 0 Å². The predicted octanol–water partition coefficient (Wildman–Crippen LogP) is 1.51. The van der Waals surface area contributed by atoms with Crippen LogP contribution in [0.5, 0.6) is 0 Å². The number of rotatable bonds is 6. The minimum absolute atomic E-state index is 0.742. The molecule has 0 radical (unpaired) electrons. The molecular weight excluding hydrogens is 186 g/mol. The number of nitrogens with one attached hydrogen (secondary N) is 1. The van der Waals surface area contributed by atoms with Gasteiger partial charge in [-0.1, -0.05) is 12.1 Å². The maximum Gasteiger partial charge on any atom is 0.0340 e. The lowest BCUT2D eigenvalue weighted by atomic mass is 10.2. The molecule has 3 heteroatoms. The van der Waals surface area contributed by atoms with Crippen LogP contribution < -0.4 is 11.1 Å². The van der Waals surface area contributed by atoms with Crippen molar-refractivity contribution >= 4 is 5.69 Å².